The van der Waals surface area contributed by atoms with Gasteiger partial charge in [0.25, 0.3) is 0 Å². The first kappa shape index (κ1) is 17.2. The number of aromatic nitrogens is 4. The van der Waals surface area contributed by atoms with Crippen molar-refractivity contribution in [1.29, 1.82) is 0 Å². The average Bonchev–Trinajstić information content (AvgIpc) is 3.08. The number of rotatable bonds is 6. The van der Waals surface area contributed by atoms with E-state index >= 15 is 0 Å². The van der Waals surface area contributed by atoms with Crippen molar-refractivity contribution in [3.8, 4) is 11.4 Å². The molecule has 0 amide bonds. The predicted octanol–water partition coefficient (Wildman–Crippen LogP) is 3.47. The minimum absolute atomic E-state index is 0.0265. The molecule has 0 spiro atoms. The van der Waals surface area contributed by atoms with Crippen LogP contribution in [0, 0.1) is 6.92 Å². The fourth-order valence-electron chi connectivity index (χ4n) is 2.47. The number of benzene rings is 2. The number of ether oxygens (including phenoxy) is 1. The summed E-state index contributed by atoms with van der Waals surface area (Å²) in [7, 11) is 1.62. The smallest absolute Gasteiger partial charge is 0.214 e. The Balaban J connectivity index is 1.86. The molecule has 0 aliphatic heterocycles. The van der Waals surface area contributed by atoms with Crippen molar-refractivity contribution in [2.24, 2.45) is 0 Å². The average molecular weight is 354 g/mol. The zero-order valence-corrected chi connectivity index (χ0v) is 15.1. The molecule has 2 aromatic carbocycles. The Morgan fingerprint density at radius 2 is 2.04 bits per heavy atom. The Hall–Kier alpha value is -2.67. The van der Waals surface area contributed by atoms with Gasteiger partial charge in [0.1, 0.15) is 5.75 Å². The number of ketones is 1. The van der Waals surface area contributed by atoms with Gasteiger partial charge in [-0.3, -0.25) is 4.79 Å². The van der Waals surface area contributed by atoms with Crippen molar-refractivity contribution in [3.05, 3.63) is 59.2 Å². The summed E-state index contributed by atoms with van der Waals surface area (Å²) in [6.45, 7) is 3.57. The van der Waals surface area contributed by atoms with Crippen LogP contribution in [-0.4, -0.2) is 33.1 Å². The predicted molar refractivity (Wildman–Crippen MR) is 96.5 cm³/mol. The lowest BCUT2D eigenvalue weighted by Gasteiger charge is -2.10. The van der Waals surface area contributed by atoms with Crippen molar-refractivity contribution in [2.75, 3.05) is 7.11 Å². The molecule has 0 unspecified atom stereocenters. The van der Waals surface area contributed by atoms with Crippen LogP contribution in [0.15, 0.2) is 47.6 Å². The van der Waals surface area contributed by atoms with Gasteiger partial charge >= 0.3 is 0 Å². The summed E-state index contributed by atoms with van der Waals surface area (Å²) in [6.07, 6.45) is 0. The third-order valence-corrected chi connectivity index (χ3v) is 4.80. The van der Waals surface area contributed by atoms with Gasteiger partial charge in [-0.2, -0.15) is 4.68 Å². The number of carbonyl (C=O) groups is 1. The fourth-order valence-corrected chi connectivity index (χ4v) is 3.34. The highest BCUT2D eigenvalue weighted by Gasteiger charge is 2.13. The van der Waals surface area contributed by atoms with Gasteiger partial charge in [-0.05, 0) is 54.1 Å². The molecule has 7 heteroatoms. The van der Waals surface area contributed by atoms with Crippen molar-refractivity contribution >= 4 is 17.5 Å². The van der Waals surface area contributed by atoms with Crippen LogP contribution in [0.5, 0.6) is 5.75 Å². The summed E-state index contributed by atoms with van der Waals surface area (Å²) in [5, 5.41) is 12.7. The van der Waals surface area contributed by atoms with E-state index in [4.69, 9.17) is 4.74 Å². The second kappa shape index (κ2) is 7.48. The van der Waals surface area contributed by atoms with E-state index in [1.54, 1.807) is 24.8 Å². The van der Waals surface area contributed by atoms with Crippen LogP contribution in [0.25, 0.3) is 5.69 Å². The quantitative estimate of drug-likeness (QED) is 0.499. The number of thioether (sulfide) groups is 1. The maximum Gasteiger partial charge on any atom is 0.214 e. The van der Waals surface area contributed by atoms with Gasteiger partial charge in [0.05, 0.1) is 12.8 Å². The maximum atomic E-state index is 11.6. The van der Waals surface area contributed by atoms with Gasteiger partial charge in [0.15, 0.2) is 5.78 Å². The zero-order chi connectivity index (χ0) is 17.8. The summed E-state index contributed by atoms with van der Waals surface area (Å²) in [5.74, 6) is 1.36. The molecule has 1 aromatic heterocycles. The molecule has 128 valence electrons. The number of aryl methyl sites for hydroxylation is 1. The van der Waals surface area contributed by atoms with Crippen LogP contribution in [0.2, 0.25) is 0 Å². The number of methoxy groups -OCH3 is 1. The van der Waals surface area contributed by atoms with E-state index in [0.717, 1.165) is 22.6 Å². The van der Waals surface area contributed by atoms with Gasteiger partial charge in [0, 0.05) is 16.9 Å². The normalized spacial score (nSPS) is 10.7. The summed E-state index contributed by atoms with van der Waals surface area (Å²) in [5.41, 5.74) is 3.63. The molecule has 3 aromatic rings. The summed E-state index contributed by atoms with van der Waals surface area (Å²) >= 11 is 1.50. The Bertz CT molecular complexity index is 908. The molecule has 3 rings (SSSR count). The minimum Gasteiger partial charge on any atom is -0.496 e. The number of para-hydroxylation sites is 1. The maximum absolute atomic E-state index is 11.6. The monoisotopic (exact) mass is 354 g/mol. The summed E-state index contributed by atoms with van der Waals surface area (Å²) < 4.78 is 7.12. The molecule has 0 aliphatic rings. The van der Waals surface area contributed by atoms with E-state index in [1.807, 2.05) is 43.3 Å². The second-order valence-electron chi connectivity index (χ2n) is 5.53. The van der Waals surface area contributed by atoms with Gasteiger partial charge in [-0.25, -0.2) is 0 Å². The Morgan fingerprint density at radius 3 is 2.76 bits per heavy atom. The number of nitrogens with zero attached hydrogens (tertiary/aromatic N) is 4. The van der Waals surface area contributed by atoms with Crippen LogP contribution < -0.4 is 4.74 Å². The number of Topliss-reactive ketones (excluding diaryl/α,β-unsaturated/α-hetero) is 1. The highest BCUT2D eigenvalue weighted by molar-refractivity contribution is 7.98. The minimum atomic E-state index is 0.0265. The Labute approximate surface area is 150 Å². The highest BCUT2D eigenvalue weighted by atomic mass is 32.2. The molecule has 0 saturated heterocycles. The largest absolute Gasteiger partial charge is 0.496 e. The number of tetrazole rings is 1. The van der Waals surface area contributed by atoms with Crippen LogP contribution in [0.3, 0.4) is 0 Å². The topological polar surface area (TPSA) is 69.9 Å². The van der Waals surface area contributed by atoms with Crippen LogP contribution >= 0.6 is 11.8 Å². The van der Waals surface area contributed by atoms with Crippen LogP contribution in [0.4, 0.5) is 0 Å². The number of hydrogen-bond donors (Lipinski definition) is 0. The van der Waals surface area contributed by atoms with E-state index in [-0.39, 0.29) is 5.78 Å². The van der Waals surface area contributed by atoms with Crippen molar-refractivity contribution < 1.29 is 9.53 Å². The lowest BCUT2D eigenvalue weighted by Crippen LogP contribution is -2.02. The van der Waals surface area contributed by atoms with E-state index < -0.39 is 0 Å². The molecule has 0 N–H and O–H groups in total. The van der Waals surface area contributed by atoms with Gasteiger partial charge in [-0.15, -0.1) is 5.10 Å². The summed E-state index contributed by atoms with van der Waals surface area (Å²) in [4.78, 5) is 11.6. The van der Waals surface area contributed by atoms with Crippen molar-refractivity contribution in [1.82, 2.24) is 20.2 Å². The first-order valence-electron chi connectivity index (χ1n) is 7.75. The van der Waals surface area contributed by atoms with Crippen LogP contribution in [0.1, 0.15) is 28.4 Å². The SMILES string of the molecule is COc1ccc(C(C)=O)cc1CSc1nnnn1-c1ccccc1C. The first-order chi connectivity index (χ1) is 12.1. The van der Waals surface area contributed by atoms with Gasteiger partial charge in [0.2, 0.25) is 5.16 Å². The molecular weight excluding hydrogens is 336 g/mol. The van der Waals surface area contributed by atoms with Crippen molar-refractivity contribution in [2.45, 2.75) is 24.8 Å². The molecule has 0 bridgehead atoms. The first-order valence-corrected chi connectivity index (χ1v) is 8.73. The molecule has 0 aliphatic carbocycles. The molecule has 1 heterocycles. The third-order valence-electron chi connectivity index (χ3n) is 3.83. The van der Waals surface area contributed by atoms with Gasteiger partial charge in [-0.1, -0.05) is 30.0 Å². The summed E-state index contributed by atoms with van der Waals surface area (Å²) in [6, 6.07) is 13.4. The third kappa shape index (κ3) is 3.71. The van der Waals surface area contributed by atoms with E-state index in [0.29, 0.717) is 16.5 Å². The fraction of sp³-hybridized carbons (Fsp3) is 0.222. The zero-order valence-electron chi connectivity index (χ0n) is 14.3. The van der Waals surface area contributed by atoms with Crippen molar-refractivity contribution in [3.63, 3.8) is 0 Å². The lowest BCUT2D eigenvalue weighted by atomic mass is 10.1. The highest BCUT2D eigenvalue weighted by Crippen LogP contribution is 2.29. The van der Waals surface area contributed by atoms with E-state index in [2.05, 4.69) is 15.5 Å². The Morgan fingerprint density at radius 1 is 1.24 bits per heavy atom. The van der Waals surface area contributed by atoms with E-state index in [9.17, 15) is 4.79 Å². The molecule has 0 radical (unpaired) electrons. The lowest BCUT2D eigenvalue weighted by molar-refractivity contribution is 0.101. The number of carbonyl (C=O) groups excluding carboxylic acids is 1. The molecule has 0 fully saturated rings. The second-order valence-corrected chi connectivity index (χ2v) is 6.47. The van der Waals surface area contributed by atoms with E-state index in [1.165, 1.54) is 11.8 Å². The molecule has 0 saturated carbocycles. The Kier molecular flexibility index (Phi) is 5.14. The molecule has 0 atom stereocenters. The molecule has 25 heavy (non-hydrogen) atoms. The molecule has 6 nitrogen and oxygen atoms in total. The van der Waals surface area contributed by atoms with Crippen LogP contribution in [-0.2, 0) is 5.75 Å². The molecular formula is C18H18N4O2S. The standard InChI is InChI=1S/C18H18N4O2S/c1-12-6-4-5-7-16(12)22-18(19-20-21-22)25-11-15-10-14(13(2)23)8-9-17(15)24-3/h4-10H,11H2,1-3H3. The van der Waals surface area contributed by atoms with Gasteiger partial charge < -0.3 is 4.74 Å². The number of hydrogen-bond acceptors (Lipinski definition) is 6.